The van der Waals surface area contributed by atoms with Gasteiger partial charge in [0, 0.05) is 18.7 Å². The molecule has 1 fully saturated rings. The fourth-order valence-electron chi connectivity index (χ4n) is 3.07. The number of hydrogen-bond acceptors (Lipinski definition) is 3. The minimum absolute atomic E-state index is 0.358. The fraction of sp³-hybridized carbons (Fsp3) is 0.316. The SMILES string of the molecule is CCc1nc2cc(CN=C(N)Nc3ccccn3)ccc2n1C1CC1. The van der Waals surface area contributed by atoms with E-state index in [-0.39, 0.29) is 0 Å². The molecular weight excluding hydrogens is 312 g/mol. The predicted octanol–water partition coefficient (Wildman–Crippen LogP) is 3.26. The van der Waals surface area contributed by atoms with Gasteiger partial charge in [-0.05, 0) is 42.7 Å². The van der Waals surface area contributed by atoms with E-state index in [0.29, 0.717) is 24.4 Å². The Morgan fingerprint density at radius 3 is 2.92 bits per heavy atom. The highest BCUT2D eigenvalue weighted by molar-refractivity contribution is 5.91. The molecule has 0 saturated heterocycles. The van der Waals surface area contributed by atoms with Gasteiger partial charge in [-0.2, -0.15) is 0 Å². The minimum atomic E-state index is 0.358. The molecule has 4 rings (SSSR count). The molecule has 0 radical (unpaired) electrons. The number of rotatable bonds is 5. The van der Waals surface area contributed by atoms with E-state index in [1.54, 1.807) is 6.20 Å². The van der Waals surface area contributed by atoms with Crippen LogP contribution >= 0.6 is 0 Å². The first kappa shape index (κ1) is 15.6. The molecule has 1 aliphatic carbocycles. The lowest BCUT2D eigenvalue weighted by atomic mass is 10.2. The normalized spacial score (nSPS) is 14.8. The number of hydrogen-bond donors (Lipinski definition) is 2. The number of pyridine rings is 1. The molecule has 6 heteroatoms. The molecule has 2 aromatic heterocycles. The van der Waals surface area contributed by atoms with Gasteiger partial charge in [0.25, 0.3) is 0 Å². The van der Waals surface area contributed by atoms with E-state index < -0.39 is 0 Å². The Morgan fingerprint density at radius 1 is 1.32 bits per heavy atom. The summed E-state index contributed by atoms with van der Waals surface area (Å²) in [7, 11) is 0. The Kier molecular flexibility index (Phi) is 4.09. The van der Waals surface area contributed by atoms with E-state index in [2.05, 4.69) is 45.0 Å². The molecule has 0 amide bonds. The van der Waals surface area contributed by atoms with Crippen LogP contribution in [0.3, 0.4) is 0 Å². The van der Waals surface area contributed by atoms with Gasteiger partial charge in [0.1, 0.15) is 11.6 Å². The molecule has 1 saturated carbocycles. The van der Waals surface area contributed by atoms with Gasteiger partial charge in [0.15, 0.2) is 5.96 Å². The molecule has 0 aliphatic heterocycles. The van der Waals surface area contributed by atoms with Crippen molar-refractivity contribution in [1.82, 2.24) is 14.5 Å². The third-order valence-corrected chi connectivity index (χ3v) is 4.41. The summed E-state index contributed by atoms with van der Waals surface area (Å²) in [5.41, 5.74) is 9.32. The van der Waals surface area contributed by atoms with Crippen LogP contribution in [0.5, 0.6) is 0 Å². The molecule has 0 unspecified atom stereocenters. The third kappa shape index (κ3) is 3.33. The van der Waals surface area contributed by atoms with E-state index in [9.17, 15) is 0 Å². The zero-order valence-electron chi connectivity index (χ0n) is 14.3. The summed E-state index contributed by atoms with van der Waals surface area (Å²) in [4.78, 5) is 13.4. The first-order valence-corrected chi connectivity index (χ1v) is 8.72. The largest absolute Gasteiger partial charge is 0.370 e. The topological polar surface area (TPSA) is 81.1 Å². The van der Waals surface area contributed by atoms with Crippen molar-refractivity contribution in [2.24, 2.45) is 10.7 Å². The number of imidazole rings is 1. The van der Waals surface area contributed by atoms with Gasteiger partial charge in [-0.15, -0.1) is 0 Å². The molecule has 1 aromatic carbocycles. The van der Waals surface area contributed by atoms with Gasteiger partial charge >= 0.3 is 0 Å². The average molecular weight is 334 g/mol. The number of aromatic nitrogens is 3. The van der Waals surface area contributed by atoms with Crippen LogP contribution in [0.25, 0.3) is 11.0 Å². The lowest BCUT2D eigenvalue weighted by molar-refractivity contribution is 0.708. The lowest BCUT2D eigenvalue weighted by Crippen LogP contribution is -2.23. The van der Waals surface area contributed by atoms with E-state index in [4.69, 9.17) is 10.7 Å². The van der Waals surface area contributed by atoms with Gasteiger partial charge < -0.3 is 15.6 Å². The predicted molar refractivity (Wildman–Crippen MR) is 101 cm³/mol. The number of fused-ring (bicyclic) bond motifs is 1. The summed E-state index contributed by atoms with van der Waals surface area (Å²) in [6.07, 6.45) is 5.20. The van der Waals surface area contributed by atoms with Crippen molar-refractivity contribution >= 4 is 22.8 Å². The molecule has 0 atom stereocenters. The van der Waals surface area contributed by atoms with Crippen molar-refractivity contribution < 1.29 is 0 Å². The number of nitrogens with two attached hydrogens (primary N) is 1. The van der Waals surface area contributed by atoms with Gasteiger partial charge in [0.2, 0.25) is 0 Å². The minimum Gasteiger partial charge on any atom is -0.370 e. The maximum Gasteiger partial charge on any atom is 0.194 e. The number of nitrogens with one attached hydrogen (secondary N) is 1. The Labute approximate surface area is 146 Å². The highest BCUT2D eigenvalue weighted by atomic mass is 15.1. The van der Waals surface area contributed by atoms with Gasteiger partial charge in [-0.25, -0.2) is 15.0 Å². The van der Waals surface area contributed by atoms with Crippen molar-refractivity contribution in [1.29, 1.82) is 0 Å². The monoisotopic (exact) mass is 334 g/mol. The Bertz CT molecular complexity index is 908. The summed E-state index contributed by atoms with van der Waals surface area (Å²) < 4.78 is 2.40. The van der Waals surface area contributed by atoms with E-state index >= 15 is 0 Å². The van der Waals surface area contributed by atoms with E-state index in [0.717, 1.165) is 17.5 Å². The second-order valence-electron chi connectivity index (χ2n) is 6.35. The lowest BCUT2D eigenvalue weighted by Gasteiger charge is -2.06. The molecule has 128 valence electrons. The van der Waals surface area contributed by atoms with Crippen molar-refractivity contribution in [3.05, 3.63) is 54.0 Å². The molecule has 0 spiro atoms. The summed E-state index contributed by atoms with van der Waals surface area (Å²) >= 11 is 0. The molecule has 0 bridgehead atoms. The quantitative estimate of drug-likeness (QED) is 0.554. The van der Waals surface area contributed by atoms with Crippen LogP contribution in [0, 0.1) is 0 Å². The van der Waals surface area contributed by atoms with Crippen LogP contribution in [0.1, 0.15) is 37.2 Å². The second kappa shape index (κ2) is 6.55. The number of nitrogens with zero attached hydrogens (tertiary/aromatic N) is 4. The molecule has 25 heavy (non-hydrogen) atoms. The van der Waals surface area contributed by atoms with Crippen molar-refractivity contribution in [2.45, 2.75) is 38.8 Å². The molecular formula is C19H22N6. The number of guanidine groups is 1. The van der Waals surface area contributed by atoms with Crippen LogP contribution in [-0.4, -0.2) is 20.5 Å². The van der Waals surface area contributed by atoms with Crippen molar-refractivity contribution in [2.75, 3.05) is 5.32 Å². The van der Waals surface area contributed by atoms with E-state index in [1.165, 1.54) is 24.2 Å². The smallest absolute Gasteiger partial charge is 0.194 e. The molecule has 2 heterocycles. The van der Waals surface area contributed by atoms with Gasteiger partial charge in [-0.3, -0.25) is 0 Å². The molecule has 6 nitrogen and oxygen atoms in total. The Morgan fingerprint density at radius 2 is 2.20 bits per heavy atom. The summed E-state index contributed by atoms with van der Waals surface area (Å²) in [5.74, 6) is 2.22. The van der Waals surface area contributed by atoms with Crippen LogP contribution in [0.4, 0.5) is 5.82 Å². The Hall–Kier alpha value is -2.89. The molecule has 1 aliphatic rings. The van der Waals surface area contributed by atoms with Crippen LogP contribution in [-0.2, 0) is 13.0 Å². The van der Waals surface area contributed by atoms with Crippen molar-refractivity contribution in [3.8, 4) is 0 Å². The van der Waals surface area contributed by atoms with Gasteiger partial charge in [0.05, 0.1) is 17.6 Å². The highest BCUT2D eigenvalue weighted by Gasteiger charge is 2.27. The summed E-state index contributed by atoms with van der Waals surface area (Å²) in [5, 5.41) is 2.99. The standard InChI is InChI=1S/C19H22N6/c1-2-18-23-15-11-13(6-9-16(15)25(18)14-7-8-14)12-22-19(20)24-17-5-3-4-10-21-17/h3-6,9-11,14H,2,7-8,12H2,1H3,(H3,20,21,22,24). The first-order chi connectivity index (χ1) is 12.2. The zero-order valence-corrected chi connectivity index (χ0v) is 14.3. The zero-order chi connectivity index (χ0) is 17.2. The molecule has 3 N–H and O–H groups in total. The average Bonchev–Trinajstić information content (AvgIpc) is 3.40. The van der Waals surface area contributed by atoms with Crippen LogP contribution < -0.4 is 11.1 Å². The summed E-state index contributed by atoms with van der Waals surface area (Å²) in [6.45, 7) is 2.68. The van der Waals surface area contributed by atoms with Gasteiger partial charge in [-0.1, -0.05) is 19.1 Å². The third-order valence-electron chi connectivity index (χ3n) is 4.41. The number of benzene rings is 1. The summed E-state index contributed by atoms with van der Waals surface area (Å²) in [6, 6.07) is 12.6. The van der Waals surface area contributed by atoms with Crippen LogP contribution in [0.15, 0.2) is 47.6 Å². The maximum absolute atomic E-state index is 5.94. The second-order valence-corrected chi connectivity index (χ2v) is 6.35. The van der Waals surface area contributed by atoms with Crippen LogP contribution in [0.2, 0.25) is 0 Å². The van der Waals surface area contributed by atoms with E-state index in [1.807, 2.05) is 18.2 Å². The first-order valence-electron chi connectivity index (χ1n) is 8.72. The maximum atomic E-state index is 5.94. The fourth-order valence-corrected chi connectivity index (χ4v) is 3.07. The number of aryl methyl sites for hydroxylation is 1. The van der Waals surface area contributed by atoms with Crippen molar-refractivity contribution in [3.63, 3.8) is 0 Å². The highest BCUT2D eigenvalue weighted by Crippen LogP contribution is 2.38. The Balaban J connectivity index is 1.53. The number of aliphatic imine (C=N–C) groups is 1. The molecule has 3 aromatic rings. The number of anilines is 1.